The van der Waals surface area contributed by atoms with Crippen molar-refractivity contribution in [3.8, 4) is 0 Å². The molecule has 0 heterocycles. The number of hydrogen-bond acceptors (Lipinski definition) is 9. The molecule has 0 aliphatic carbocycles. The molecule has 308 valence electrons. The van der Waals surface area contributed by atoms with Gasteiger partial charge in [0.25, 0.3) is 0 Å². The lowest BCUT2D eigenvalue weighted by Crippen LogP contribution is -2.34. The van der Waals surface area contributed by atoms with Crippen LogP contribution in [-0.2, 0) is 37.5 Å². The number of carboxylic acid groups (broad SMARTS) is 1. The van der Waals surface area contributed by atoms with Crippen molar-refractivity contribution in [2.24, 2.45) is 5.73 Å². The van der Waals surface area contributed by atoms with E-state index < -0.39 is 51.1 Å². The molecule has 53 heavy (non-hydrogen) atoms. The number of carbonyl (C=O) groups excluding carboxylic acids is 2. The third kappa shape index (κ3) is 36.4. The first kappa shape index (κ1) is 50.7. The minimum atomic E-state index is -4.72. The normalized spacial score (nSPS) is 14.2. The Morgan fingerprint density at radius 1 is 0.585 bits per heavy atom. The third-order valence-electron chi connectivity index (χ3n) is 8.61. The predicted molar refractivity (Wildman–Crippen MR) is 212 cm³/mol. The summed E-state index contributed by atoms with van der Waals surface area (Å²) in [7, 11) is -4.72. The molecule has 0 bridgehead atoms. The summed E-state index contributed by atoms with van der Waals surface area (Å²) in [6.07, 6.45) is 37.8. The molecule has 0 aromatic rings. The molecule has 3 unspecified atom stereocenters. The summed E-state index contributed by atoms with van der Waals surface area (Å²) in [5.41, 5.74) is 5.32. The molecule has 0 aromatic heterocycles. The number of aliphatic carboxylic acids is 1. The Hall–Kier alpha value is -2.30. The van der Waals surface area contributed by atoms with E-state index in [1.54, 1.807) is 0 Å². The lowest BCUT2D eigenvalue weighted by Gasteiger charge is -2.20. The number of carbonyl (C=O) groups is 3. The highest BCUT2D eigenvalue weighted by Crippen LogP contribution is 2.43. The van der Waals surface area contributed by atoms with Crippen molar-refractivity contribution in [1.82, 2.24) is 0 Å². The maximum absolute atomic E-state index is 12.6. The molecule has 12 heteroatoms. The molecule has 3 atom stereocenters. The highest BCUT2D eigenvalue weighted by molar-refractivity contribution is 7.47. The molecule has 0 saturated heterocycles. The number of esters is 2. The molecule has 0 aliphatic heterocycles. The van der Waals surface area contributed by atoms with Crippen LogP contribution < -0.4 is 5.73 Å². The Labute approximate surface area is 321 Å². The van der Waals surface area contributed by atoms with Gasteiger partial charge in [0.05, 0.1) is 13.2 Å². The van der Waals surface area contributed by atoms with Gasteiger partial charge >= 0.3 is 25.7 Å². The zero-order chi connectivity index (χ0) is 39.3. The molecule has 0 rings (SSSR count). The maximum Gasteiger partial charge on any atom is 0.472 e. The van der Waals surface area contributed by atoms with Gasteiger partial charge in [-0.25, -0.2) is 4.57 Å². The van der Waals surface area contributed by atoms with Crippen LogP contribution in [0.3, 0.4) is 0 Å². The number of carboxylic acids is 1. The Morgan fingerprint density at radius 2 is 1.00 bits per heavy atom. The molecule has 0 saturated carbocycles. The van der Waals surface area contributed by atoms with E-state index in [1.165, 1.54) is 51.4 Å². The SMILES string of the molecule is CCCCCC/C=C\C/C=C\CCCCCCCC(=O)OC(COC(=O)CCCCCCC/C=C\CCCCCC)COP(=O)(O)OCC(N)C(=O)O. The molecular formula is C41H74NO10P. The average molecular weight is 772 g/mol. The maximum atomic E-state index is 12.6. The molecule has 0 radical (unpaired) electrons. The van der Waals surface area contributed by atoms with Crippen molar-refractivity contribution in [3.05, 3.63) is 36.5 Å². The van der Waals surface area contributed by atoms with Crippen LogP contribution in [0, 0.1) is 0 Å². The second-order valence-corrected chi connectivity index (χ2v) is 15.2. The summed E-state index contributed by atoms with van der Waals surface area (Å²) < 4.78 is 32.6. The number of rotatable bonds is 38. The van der Waals surface area contributed by atoms with E-state index in [-0.39, 0.29) is 19.4 Å². The van der Waals surface area contributed by atoms with E-state index in [4.69, 9.17) is 24.8 Å². The van der Waals surface area contributed by atoms with Crippen molar-refractivity contribution in [3.63, 3.8) is 0 Å². The Morgan fingerprint density at radius 3 is 1.49 bits per heavy atom. The summed E-state index contributed by atoms with van der Waals surface area (Å²) in [5.74, 6) is -2.41. The van der Waals surface area contributed by atoms with Gasteiger partial charge in [0, 0.05) is 12.8 Å². The van der Waals surface area contributed by atoms with Gasteiger partial charge in [-0.2, -0.15) is 0 Å². The van der Waals surface area contributed by atoms with E-state index in [0.717, 1.165) is 83.5 Å². The second kappa shape index (κ2) is 36.7. The summed E-state index contributed by atoms with van der Waals surface area (Å²) in [6, 6.07) is -1.52. The number of ether oxygens (including phenoxy) is 2. The highest BCUT2D eigenvalue weighted by Gasteiger charge is 2.28. The highest BCUT2D eigenvalue weighted by atomic mass is 31.2. The van der Waals surface area contributed by atoms with Crippen LogP contribution in [0.15, 0.2) is 36.5 Å². The molecule has 0 fully saturated rings. The van der Waals surface area contributed by atoms with Gasteiger partial charge in [-0.3, -0.25) is 23.4 Å². The van der Waals surface area contributed by atoms with Crippen molar-refractivity contribution in [2.75, 3.05) is 19.8 Å². The fourth-order valence-electron chi connectivity index (χ4n) is 5.32. The first-order valence-corrected chi connectivity index (χ1v) is 22.0. The summed E-state index contributed by atoms with van der Waals surface area (Å²) in [6.45, 7) is 2.73. The zero-order valence-corrected chi connectivity index (χ0v) is 34.0. The van der Waals surface area contributed by atoms with Gasteiger partial charge in [0.2, 0.25) is 0 Å². The molecule has 0 spiro atoms. The van der Waals surface area contributed by atoms with Gasteiger partial charge in [0.15, 0.2) is 6.10 Å². The monoisotopic (exact) mass is 772 g/mol. The van der Waals surface area contributed by atoms with Crippen LogP contribution in [0.1, 0.15) is 174 Å². The Balaban J connectivity index is 4.44. The third-order valence-corrected chi connectivity index (χ3v) is 9.56. The van der Waals surface area contributed by atoms with Crippen LogP contribution in [0.4, 0.5) is 0 Å². The van der Waals surface area contributed by atoms with Gasteiger partial charge in [-0.05, 0) is 70.6 Å². The molecular weight excluding hydrogens is 697 g/mol. The van der Waals surface area contributed by atoms with Crippen molar-refractivity contribution >= 4 is 25.7 Å². The van der Waals surface area contributed by atoms with E-state index in [2.05, 4.69) is 54.8 Å². The molecule has 0 aliphatic rings. The lowest BCUT2D eigenvalue weighted by atomic mass is 10.1. The smallest absolute Gasteiger partial charge is 0.472 e. The van der Waals surface area contributed by atoms with E-state index in [1.807, 2.05) is 0 Å². The quantitative estimate of drug-likeness (QED) is 0.0236. The Kier molecular flexibility index (Phi) is 35.1. The van der Waals surface area contributed by atoms with Crippen LogP contribution in [0.5, 0.6) is 0 Å². The fraction of sp³-hybridized carbons (Fsp3) is 0.780. The van der Waals surface area contributed by atoms with Crippen molar-refractivity contribution in [1.29, 1.82) is 0 Å². The van der Waals surface area contributed by atoms with Crippen LogP contribution in [0.25, 0.3) is 0 Å². The summed E-state index contributed by atoms with van der Waals surface area (Å²) >= 11 is 0. The Bertz CT molecular complexity index is 1050. The van der Waals surface area contributed by atoms with Crippen LogP contribution in [-0.4, -0.2) is 59.9 Å². The van der Waals surface area contributed by atoms with Gasteiger partial charge < -0.3 is 25.2 Å². The number of phosphoric ester groups is 1. The minimum absolute atomic E-state index is 0.143. The number of phosphoric acid groups is 1. The van der Waals surface area contributed by atoms with Gasteiger partial charge in [0.1, 0.15) is 12.6 Å². The molecule has 0 amide bonds. The van der Waals surface area contributed by atoms with E-state index >= 15 is 0 Å². The fourth-order valence-corrected chi connectivity index (χ4v) is 6.10. The van der Waals surface area contributed by atoms with Crippen molar-refractivity contribution in [2.45, 2.75) is 187 Å². The molecule has 11 nitrogen and oxygen atoms in total. The van der Waals surface area contributed by atoms with Crippen molar-refractivity contribution < 1.29 is 47.5 Å². The van der Waals surface area contributed by atoms with Gasteiger partial charge in [-0.15, -0.1) is 0 Å². The first-order chi connectivity index (χ1) is 25.6. The zero-order valence-electron chi connectivity index (χ0n) is 33.1. The van der Waals surface area contributed by atoms with E-state index in [9.17, 15) is 23.8 Å². The largest absolute Gasteiger partial charge is 0.480 e. The number of hydrogen-bond donors (Lipinski definition) is 3. The number of allylic oxidation sites excluding steroid dienone is 6. The minimum Gasteiger partial charge on any atom is -0.480 e. The first-order valence-electron chi connectivity index (χ1n) is 20.5. The molecule has 0 aromatic carbocycles. The number of nitrogens with two attached hydrogens (primary N) is 1. The molecule has 4 N–H and O–H groups in total. The summed E-state index contributed by atoms with van der Waals surface area (Å²) in [5, 5.41) is 8.87. The van der Waals surface area contributed by atoms with Crippen LogP contribution >= 0.6 is 7.82 Å². The predicted octanol–water partition coefficient (Wildman–Crippen LogP) is 10.4. The van der Waals surface area contributed by atoms with E-state index in [0.29, 0.717) is 12.8 Å². The second-order valence-electron chi connectivity index (χ2n) is 13.8. The van der Waals surface area contributed by atoms with Crippen LogP contribution in [0.2, 0.25) is 0 Å². The summed E-state index contributed by atoms with van der Waals surface area (Å²) in [4.78, 5) is 45.8. The number of unbranched alkanes of at least 4 members (excludes halogenated alkanes) is 18. The topological polar surface area (TPSA) is 172 Å². The standard InChI is InChI=1S/C41H74NO10P/c1-3-5-7-9-11-13-15-17-18-19-21-23-25-27-29-31-33-40(44)52-37(35-50-53(47,48)51-36-38(42)41(45)46)34-49-39(43)32-30-28-26-24-22-20-16-14-12-10-8-6-4-2/h13-16,18-19,37-38H,3-12,17,20-36,42H2,1-2H3,(H,45,46)(H,47,48)/b15-13-,16-14-,19-18-. The lowest BCUT2D eigenvalue weighted by molar-refractivity contribution is -0.161. The van der Waals surface area contributed by atoms with Gasteiger partial charge in [-0.1, -0.05) is 127 Å². The average Bonchev–Trinajstić information content (AvgIpc) is 3.13.